The molecule has 25 heavy (non-hydrogen) atoms. The molecule has 0 heterocycles. The van der Waals surface area contributed by atoms with Gasteiger partial charge in [0.25, 0.3) is 0 Å². The van der Waals surface area contributed by atoms with Crippen molar-refractivity contribution in [2.75, 3.05) is 31.7 Å². The number of hydrogen-bond acceptors (Lipinski definition) is 4. The Balaban J connectivity index is 1.74. The molecule has 0 bridgehead atoms. The number of anilines is 1. The fourth-order valence-corrected chi connectivity index (χ4v) is 2.77. The minimum atomic E-state index is -3.34. The third-order valence-electron chi connectivity index (χ3n) is 3.72. The van der Waals surface area contributed by atoms with Crippen LogP contribution in [0.4, 0.5) is 10.5 Å². The number of benzene rings is 1. The average molecular weight is 368 g/mol. The van der Waals surface area contributed by atoms with Crippen molar-refractivity contribution in [3.63, 3.8) is 0 Å². The van der Waals surface area contributed by atoms with Crippen molar-refractivity contribution in [1.82, 2.24) is 14.9 Å². The van der Waals surface area contributed by atoms with Gasteiger partial charge in [0.1, 0.15) is 0 Å². The standard InChI is InChI=1S/C16H24N4O4S/c1-20(2)25(23,24)10-9-17-16(22)19-14-5-3-12(4-6-14)11-15(21)18-13-7-8-13/h3-6,13H,7-11H2,1-2H3,(H,18,21)(H2,17,19,22). The van der Waals surface area contributed by atoms with Crippen LogP contribution in [0.2, 0.25) is 0 Å². The van der Waals surface area contributed by atoms with Crippen molar-refractivity contribution in [3.8, 4) is 0 Å². The number of nitrogens with zero attached hydrogens (tertiary/aromatic N) is 1. The van der Waals surface area contributed by atoms with Gasteiger partial charge in [0.2, 0.25) is 15.9 Å². The van der Waals surface area contributed by atoms with E-state index < -0.39 is 16.1 Å². The molecule has 1 aliphatic rings. The van der Waals surface area contributed by atoms with E-state index in [4.69, 9.17) is 0 Å². The van der Waals surface area contributed by atoms with E-state index in [1.807, 2.05) is 0 Å². The summed E-state index contributed by atoms with van der Waals surface area (Å²) in [5.41, 5.74) is 1.43. The third kappa shape index (κ3) is 6.71. The maximum absolute atomic E-state index is 11.8. The first-order valence-corrected chi connectivity index (χ1v) is 9.70. The summed E-state index contributed by atoms with van der Waals surface area (Å²) >= 11 is 0. The van der Waals surface area contributed by atoms with Crippen LogP contribution < -0.4 is 16.0 Å². The molecule has 0 saturated heterocycles. The van der Waals surface area contributed by atoms with Crippen LogP contribution in [0.3, 0.4) is 0 Å². The van der Waals surface area contributed by atoms with Gasteiger partial charge in [-0.2, -0.15) is 0 Å². The molecule has 1 aromatic carbocycles. The summed E-state index contributed by atoms with van der Waals surface area (Å²) in [7, 11) is -0.443. The van der Waals surface area contributed by atoms with Gasteiger partial charge in [0.05, 0.1) is 12.2 Å². The molecule has 8 nitrogen and oxygen atoms in total. The van der Waals surface area contributed by atoms with E-state index in [0.717, 1.165) is 22.7 Å². The highest BCUT2D eigenvalue weighted by atomic mass is 32.2. The van der Waals surface area contributed by atoms with Crippen LogP contribution in [0.5, 0.6) is 0 Å². The van der Waals surface area contributed by atoms with Gasteiger partial charge in [-0.15, -0.1) is 0 Å². The lowest BCUT2D eigenvalue weighted by molar-refractivity contribution is -0.120. The summed E-state index contributed by atoms with van der Waals surface area (Å²) in [6.45, 7) is 0.0196. The highest BCUT2D eigenvalue weighted by Gasteiger charge is 2.23. The van der Waals surface area contributed by atoms with Gasteiger partial charge >= 0.3 is 6.03 Å². The molecular weight excluding hydrogens is 344 g/mol. The van der Waals surface area contributed by atoms with E-state index in [0.29, 0.717) is 18.2 Å². The Kier molecular flexibility index (Phi) is 6.38. The Hall–Kier alpha value is -2.13. The molecular formula is C16H24N4O4S. The van der Waals surface area contributed by atoms with Gasteiger partial charge < -0.3 is 16.0 Å². The highest BCUT2D eigenvalue weighted by Crippen LogP contribution is 2.19. The van der Waals surface area contributed by atoms with Gasteiger partial charge in [-0.3, -0.25) is 4.79 Å². The summed E-state index contributed by atoms with van der Waals surface area (Å²) < 4.78 is 24.3. The molecule has 3 amide bonds. The monoisotopic (exact) mass is 368 g/mol. The Bertz CT molecular complexity index is 712. The first-order valence-electron chi connectivity index (χ1n) is 8.09. The van der Waals surface area contributed by atoms with Crippen LogP contribution in [0.1, 0.15) is 18.4 Å². The van der Waals surface area contributed by atoms with Crippen LogP contribution in [0, 0.1) is 0 Å². The zero-order chi connectivity index (χ0) is 18.4. The molecule has 0 unspecified atom stereocenters. The first kappa shape index (κ1) is 19.2. The zero-order valence-electron chi connectivity index (χ0n) is 14.4. The van der Waals surface area contributed by atoms with Gasteiger partial charge in [0, 0.05) is 32.4 Å². The van der Waals surface area contributed by atoms with E-state index in [1.165, 1.54) is 14.1 Å². The van der Waals surface area contributed by atoms with Crippen molar-refractivity contribution >= 4 is 27.6 Å². The third-order valence-corrected chi connectivity index (χ3v) is 5.55. The van der Waals surface area contributed by atoms with Crippen LogP contribution in [0.25, 0.3) is 0 Å². The molecule has 0 radical (unpaired) electrons. The molecule has 2 rings (SSSR count). The zero-order valence-corrected chi connectivity index (χ0v) is 15.2. The number of nitrogens with one attached hydrogen (secondary N) is 3. The predicted molar refractivity (Wildman–Crippen MR) is 95.8 cm³/mol. The molecule has 3 N–H and O–H groups in total. The van der Waals surface area contributed by atoms with E-state index in [9.17, 15) is 18.0 Å². The lowest BCUT2D eigenvalue weighted by atomic mass is 10.1. The Morgan fingerprint density at radius 3 is 2.36 bits per heavy atom. The van der Waals surface area contributed by atoms with E-state index in [1.54, 1.807) is 24.3 Å². The largest absolute Gasteiger partial charge is 0.353 e. The summed E-state index contributed by atoms with van der Waals surface area (Å²) in [4.78, 5) is 23.5. The van der Waals surface area contributed by atoms with E-state index in [2.05, 4.69) is 16.0 Å². The van der Waals surface area contributed by atoms with Crippen LogP contribution in [0.15, 0.2) is 24.3 Å². The van der Waals surface area contributed by atoms with Crippen LogP contribution >= 0.6 is 0 Å². The first-order chi connectivity index (χ1) is 11.8. The van der Waals surface area contributed by atoms with E-state index in [-0.39, 0.29) is 18.2 Å². The molecule has 0 spiro atoms. The summed E-state index contributed by atoms with van der Waals surface area (Å²) in [6.07, 6.45) is 2.42. The Morgan fingerprint density at radius 1 is 1.16 bits per heavy atom. The number of carbonyl (C=O) groups is 2. The quantitative estimate of drug-likeness (QED) is 0.622. The topological polar surface area (TPSA) is 108 Å². The summed E-state index contributed by atoms with van der Waals surface area (Å²) in [6, 6.07) is 6.82. The predicted octanol–water partition coefficient (Wildman–Crippen LogP) is 0.521. The highest BCUT2D eigenvalue weighted by molar-refractivity contribution is 7.89. The molecule has 1 aliphatic carbocycles. The maximum Gasteiger partial charge on any atom is 0.319 e. The van der Waals surface area contributed by atoms with Crippen LogP contribution in [-0.2, 0) is 21.2 Å². The Labute approximate surface area is 148 Å². The molecule has 1 fully saturated rings. The summed E-state index contributed by atoms with van der Waals surface area (Å²) in [5, 5.41) is 8.04. The van der Waals surface area contributed by atoms with Crippen molar-refractivity contribution in [2.24, 2.45) is 0 Å². The second-order valence-corrected chi connectivity index (χ2v) is 8.50. The molecule has 9 heteroatoms. The van der Waals surface area contributed by atoms with Crippen LogP contribution in [-0.4, -0.2) is 57.1 Å². The Morgan fingerprint density at radius 2 is 1.80 bits per heavy atom. The van der Waals surface area contributed by atoms with Gasteiger partial charge in [-0.05, 0) is 30.5 Å². The molecule has 1 aromatic rings. The molecule has 1 saturated carbocycles. The normalized spacial score (nSPS) is 14.2. The van der Waals surface area contributed by atoms with Crippen molar-refractivity contribution in [1.29, 1.82) is 0 Å². The fourth-order valence-electron chi connectivity index (χ4n) is 2.05. The van der Waals surface area contributed by atoms with Gasteiger partial charge in [-0.25, -0.2) is 17.5 Å². The van der Waals surface area contributed by atoms with Crippen molar-refractivity contribution in [2.45, 2.75) is 25.3 Å². The molecule has 0 aliphatic heterocycles. The van der Waals surface area contributed by atoms with Gasteiger partial charge in [-0.1, -0.05) is 12.1 Å². The molecule has 0 aromatic heterocycles. The molecule has 138 valence electrons. The van der Waals surface area contributed by atoms with Crippen molar-refractivity contribution in [3.05, 3.63) is 29.8 Å². The SMILES string of the molecule is CN(C)S(=O)(=O)CCNC(=O)Nc1ccc(CC(=O)NC2CC2)cc1. The van der Waals surface area contributed by atoms with Crippen molar-refractivity contribution < 1.29 is 18.0 Å². The minimum absolute atomic E-state index is 0.00283. The second kappa shape index (κ2) is 8.30. The number of sulfonamides is 1. The second-order valence-electron chi connectivity index (χ2n) is 6.19. The minimum Gasteiger partial charge on any atom is -0.353 e. The maximum atomic E-state index is 11.8. The lowest BCUT2D eigenvalue weighted by Gasteiger charge is -2.12. The number of urea groups is 1. The summed E-state index contributed by atoms with van der Waals surface area (Å²) in [5.74, 6) is -0.161. The number of amides is 3. The van der Waals surface area contributed by atoms with E-state index >= 15 is 0 Å². The number of hydrogen-bond donors (Lipinski definition) is 3. The van der Waals surface area contributed by atoms with Gasteiger partial charge in [0.15, 0.2) is 0 Å². The number of rotatable bonds is 8. The molecule has 0 atom stereocenters. The smallest absolute Gasteiger partial charge is 0.319 e. The fraction of sp³-hybridized carbons (Fsp3) is 0.500. The average Bonchev–Trinajstić information content (AvgIpc) is 3.32. The number of carbonyl (C=O) groups excluding carboxylic acids is 2. The lowest BCUT2D eigenvalue weighted by Crippen LogP contribution is -2.36.